The van der Waals surface area contributed by atoms with Crippen LogP contribution in [0.25, 0.3) is 0 Å². The minimum Gasteiger partial charge on any atom is -0.444 e. The fourth-order valence-electron chi connectivity index (χ4n) is 3.65. The highest BCUT2D eigenvalue weighted by molar-refractivity contribution is 7.88. The molecule has 1 aliphatic carbocycles. The van der Waals surface area contributed by atoms with Crippen molar-refractivity contribution in [2.24, 2.45) is 0 Å². The Kier molecular flexibility index (Phi) is 6.46. The molecule has 10 nitrogen and oxygen atoms in total. The van der Waals surface area contributed by atoms with Crippen molar-refractivity contribution in [3.05, 3.63) is 21.6 Å². The average Bonchev–Trinajstić information content (AvgIpc) is 3.06. The third kappa shape index (κ3) is 5.58. The molecule has 3 N–H and O–H groups in total. The summed E-state index contributed by atoms with van der Waals surface area (Å²) in [6, 6.07) is -0.117. The van der Waals surface area contributed by atoms with Gasteiger partial charge in [-0.25, -0.2) is 23.0 Å². The third-order valence-electron chi connectivity index (χ3n) is 4.97. The lowest BCUT2D eigenvalue weighted by Gasteiger charge is -2.29. The molecule has 1 saturated carbocycles. The van der Waals surface area contributed by atoms with Crippen LogP contribution >= 0.6 is 11.6 Å². The molecule has 3 rings (SSSR count). The van der Waals surface area contributed by atoms with Crippen molar-refractivity contribution in [2.75, 3.05) is 24.2 Å². The van der Waals surface area contributed by atoms with Crippen LogP contribution in [0.5, 0.6) is 0 Å². The second kappa shape index (κ2) is 8.66. The molecule has 1 aromatic heterocycles. The normalized spacial score (nSPS) is 25.5. The number of amides is 1. The zero-order valence-electron chi connectivity index (χ0n) is 15.5. The van der Waals surface area contributed by atoms with Crippen LogP contribution in [0.1, 0.15) is 32.1 Å². The van der Waals surface area contributed by atoms with Crippen LogP contribution in [0.4, 0.5) is 10.5 Å². The molecular formula is C16H24ClN5O5S. The summed E-state index contributed by atoms with van der Waals surface area (Å²) in [5.41, 5.74) is 0.0656. The Morgan fingerprint density at radius 2 is 1.96 bits per heavy atom. The predicted molar refractivity (Wildman–Crippen MR) is 104 cm³/mol. The molecule has 0 aromatic carbocycles. The van der Waals surface area contributed by atoms with Gasteiger partial charge in [0.1, 0.15) is 11.1 Å². The molecule has 1 aliphatic heterocycles. The largest absolute Gasteiger partial charge is 0.444 e. The molecule has 1 aromatic rings. The highest BCUT2D eigenvalue weighted by atomic mass is 35.5. The number of sulfonamides is 1. The van der Waals surface area contributed by atoms with Crippen molar-refractivity contribution in [1.29, 1.82) is 0 Å². The number of ether oxygens (including phenoxy) is 1. The molecule has 156 valence electrons. The maximum Gasteiger partial charge on any atom is 0.407 e. The first-order valence-electron chi connectivity index (χ1n) is 9.14. The van der Waals surface area contributed by atoms with Crippen molar-refractivity contribution in [1.82, 2.24) is 20.2 Å². The molecule has 28 heavy (non-hydrogen) atoms. The smallest absolute Gasteiger partial charge is 0.407 e. The first-order valence-corrected chi connectivity index (χ1v) is 11.4. The van der Waals surface area contributed by atoms with Crippen LogP contribution in [0, 0.1) is 0 Å². The SMILES string of the molecule is CS(=O)(=O)N[C@H]1CC[C@@H](NC(=O)O[C@@H]2CCN(c3cn[nH]c(=O)c3Cl)C2)CC1. The lowest BCUT2D eigenvalue weighted by Crippen LogP contribution is -2.44. The lowest BCUT2D eigenvalue weighted by atomic mass is 9.92. The molecule has 0 spiro atoms. The molecule has 1 amide bonds. The first kappa shape index (κ1) is 20.9. The van der Waals surface area contributed by atoms with Crippen LogP contribution in [0.2, 0.25) is 5.02 Å². The van der Waals surface area contributed by atoms with Gasteiger partial charge in [-0.15, -0.1) is 0 Å². The molecule has 0 bridgehead atoms. The Labute approximate surface area is 168 Å². The first-order chi connectivity index (χ1) is 13.2. The molecule has 12 heteroatoms. The van der Waals surface area contributed by atoms with Gasteiger partial charge in [-0.2, -0.15) is 5.10 Å². The minimum atomic E-state index is -3.22. The van der Waals surface area contributed by atoms with Gasteiger partial charge in [-0.1, -0.05) is 11.6 Å². The van der Waals surface area contributed by atoms with Gasteiger partial charge in [0.25, 0.3) is 5.56 Å². The Morgan fingerprint density at radius 3 is 2.64 bits per heavy atom. The zero-order chi connectivity index (χ0) is 20.3. The number of nitrogens with one attached hydrogen (secondary N) is 3. The number of rotatable bonds is 5. The fourth-order valence-corrected chi connectivity index (χ4v) is 4.70. The quantitative estimate of drug-likeness (QED) is 0.618. The summed E-state index contributed by atoms with van der Waals surface area (Å²) in [6.07, 6.45) is 5.18. The van der Waals surface area contributed by atoms with E-state index in [-0.39, 0.29) is 23.2 Å². The Bertz CT molecular complexity index is 868. The van der Waals surface area contributed by atoms with E-state index in [1.165, 1.54) is 6.20 Å². The number of hydrogen-bond acceptors (Lipinski definition) is 7. The molecule has 1 saturated heterocycles. The zero-order valence-corrected chi connectivity index (χ0v) is 17.1. The lowest BCUT2D eigenvalue weighted by molar-refractivity contribution is 0.102. The van der Waals surface area contributed by atoms with Crippen LogP contribution in [0.3, 0.4) is 0 Å². The van der Waals surface area contributed by atoms with E-state index in [1.54, 1.807) is 0 Å². The number of aromatic nitrogens is 2. The van der Waals surface area contributed by atoms with E-state index in [9.17, 15) is 18.0 Å². The van der Waals surface area contributed by atoms with Gasteiger partial charge in [0.2, 0.25) is 10.0 Å². The van der Waals surface area contributed by atoms with E-state index < -0.39 is 21.7 Å². The van der Waals surface area contributed by atoms with Gasteiger partial charge in [0.15, 0.2) is 0 Å². The van der Waals surface area contributed by atoms with Crippen molar-refractivity contribution >= 4 is 33.4 Å². The number of carbonyl (C=O) groups is 1. The summed E-state index contributed by atoms with van der Waals surface area (Å²) in [5.74, 6) is 0. The Balaban J connectivity index is 1.44. The number of anilines is 1. The second-order valence-corrected chi connectivity index (χ2v) is 9.40. The third-order valence-corrected chi connectivity index (χ3v) is 6.09. The predicted octanol–water partition coefficient (Wildman–Crippen LogP) is 0.589. The minimum absolute atomic E-state index is 0.0334. The van der Waals surface area contributed by atoms with Gasteiger partial charge >= 0.3 is 6.09 Å². The summed E-state index contributed by atoms with van der Waals surface area (Å²) < 4.78 is 30.7. The molecular weight excluding hydrogens is 410 g/mol. The fraction of sp³-hybridized carbons (Fsp3) is 0.688. The Hall–Kier alpha value is -1.85. The molecule has 1 atom stereocenters. The number of nitrogens with zero attached hydrogens (tertiary/aromatic N) is 2. The summed E-state index contributed by atoms with van der Waals surface area (Å²) in [6.45, 7) is 1.04. The Morgan fingerprint density at radius 1 is 1.29 bits per heavy atom. The van der Waals surface area contributed by atoms with Gasteiger partial charge in [-0.05, 0) is 25.7 Å². The molecule has 0 radical (unpaired) electrons. The van der Waals surface area contributed by atoms with Crippen molar-refractivity contribution < 1.29 is 17.9 Å². The molecule has 2 aliphatic rings. The van der Waals surface area contributed by atoms with E-state index in [1.807, 2.05) is 4.90 Å². The van der Waals surface area contributed by atoms with E-state index in [2.05, 4.69) is 20.2 Å². The number of alkyl carbamates (subject to hydrolysis) is 1. The summed E-state index contributed by atoms with van der Waals surface area (Å²) in [5, 5.41) is 8.95. The van der Waals surface area contributed by atoms with Gasteiger partial charge in [-0.3, -0.25) is 4.79 Å². The molecule has 2 fully saturated rings. The number of H-pyrrole nitrogens is 1. The van der Waals surface area contributed by atoms with E-state index >= 15 is 0 Å². The second-order valence-electron chi connectivity index (χ2n) is 7.24. The number of hydrogen-bond donors (Lipinski definition) is 3. The number of carbonyl (C=O) groups excluding carboxylic acids is 1. The standard InChI is InChI=1S/C16H24ClN5O5S/c1-28(25,26)21-11-4-2-10(3-5-11)19-16(24)27-12-6-7-22(9-12)13-8-18-20-15(23)14(13)17/h8,10-12,21H,2-7,9H2,1H3,(H,19,24)(H,20,23)/t10-,11+,12-/m1/s1. The van der Waals surface area contributed by atoms with Gasteiger partial charge < -0.3 is 15.0 Å². The molecule has 2 heterocycles. The number of aromatic amines is 1. The molecule has 0 unspecified atom stereocenters. The highest BCUT2D eigenvalue weighted by Crippen LogP contribution is 2.26. The van der Waals surface area contributed by atoms with Crippen molar-refractivity contribution in [3.8, 4) is 0 Å². The van der Waals surface area contributed by atoms with Gasteiger partial charge in [0, 0.05) is 25.0 Å². The van der Waals surface area contributed by atoms with E-state index in [0.717, 1.165) is 6.26 Å². The maximum absolute atomic E-state index is 12.2. The summed E-state index contributed by atoms with van der Waals surface area (Å²) in [7, 11) is -3.22. The summed E-state index contributed by atoms with van der Waals surface area (Å²) in [4.78, 5) is 25.6. The van der Waals surface area contributed by atoms with E-state index in [0.29, 0.717) is 50.9 Å². The van der Waals surface area contributed by atoms with Crippen LogP contribution < -0.4 is 20.5 Å². The van der Waals surface area contributed by atoms with Crippen LogP contribution in [0.15, 0.2) is 11.0 Å². The van der Waals surface area contributed by atoms with Crippen molar-refractivity contribution in [3.63, 3.8) is 0 Å². The number of halogens is 1. The van der Waals surface area contributed by atoms with Crippen LogP contribution in [-0.2, 0) is 14.8 Å². The van der Waals surface area contributed by atoms with Crippen LogP contribution in [-0.4, -0.2) is 62.2 Å². The van der Waals surface area contributed by atoms with E-state index in [4.69, 9.17) is 16.3 Å². The van der Waals surface area contributed by atoms with Crippen molar-refractivity contribution in [2.45, 2.75) is 50.3 Å². The maximum atomic E-state index is 12.2. The average molecular weight is 434 g/mol. The summed E-state index contributed by atoms with van der Waals surface area (Å²) >= 11 is 6.02. The highest BCUT2D eigenvalue weighted by Gasteiger charge is 2.29. The topological polar surface area (TPSA) is 133 Å². The van der Waals surface area contributed by atoms with Gasteiger partial charge in [0.05, 0.1) is 24.7 Å². The monoisotopic (exact) mass is 433 g/mol.